The Morgan fingerprint density at radius 3 is 2.57 bits per heavy atom. The molecular weight excluding hydrogens is 305 g/mol. The van der Waals surface area contributed by atoms with E-state index in [0.717, 1.165) is 30.8 Å². The Hall–Kier alpha value is -1.05. The normalized spacial score (nSPS) is 29.4. The Morgan fingerprint density at radius 1 is 1.13 bits per heavy atom. The van der Waals surface area contributed by atoms with Gasteiger partial charge in [0.1, 0.15) is 0 Å². The molecule has 1 aromatic rings. The summed E-state index contributed by atoms with van der Waals surface area (Å²) < 4.78 is 12.6. The maximum Gasteiger partial charge on any atom is 0.254 e. The number of benzene rings is 1. The van der Waals surface area contributed by atoms with E-state index in [1.54, 1.807) is 11.9 Å². The molecule has 0 radical (unpaired) electrons. The first-order valence-corrected chi connectivity index (χ1v) is 10.2. The lowest BCUT2D eigenvalue weighted by molar-refractivity contribution is 0.116. The zero-order valence-electron chi connectivity index (χ0n) is 14.7. The fraction of sp³-hybridized carbons (Fsp3) is 0.579. The van der Waals surface area contributed by atoms with Crippen LogP contribution in [0.15, 0.2) is 30.1 Å². The highest BCUT2D eigenvalue weighted by Gasteiger charge is 2.37. The van der Waals surface area contributed by atoms with Crippen molar-refractivity contribution in [3.8, 4) is 0 Å². The summed E-state index contributed by atoms with van der Waals surface area (Å²) in [7, 11) is -3.35. The predicted molar refractivity (Wildman–Crippen MR) is 96.9 cm³/mol. The second-order valence-corrected chi connectivity index (χ2v) is 10.7. The van der Waals surface area contributed by atoms with Gasteiger partial charge in [-0.1, -0.05) is 45.9 Å². The Labute approximate surface area is 139 Å². The molecular formula is C19H28NO2P. The summed E-state index contributed by atoms with van der Waals surface area (Å²) in [5, 5.41) is 0.593. The molecule has 1 saturated heterocycles. The molecule has 4 heteroatoms. The maximum absolute atomic E-state index is 12.6. The van der Waals surface area contributed by atoms with Gasteiger partial charge in [-0.05, 0) is 36.2 Å². The lowest BCUT2D eigenvalue weighted by Gasteiger charge is -2.43. The van der Waals surface area contributed by atoms with Crippen LogP contribution >= 0.6 is 7.37 Å². The first kappa shape index (κ1) is 16.8. The fourth-order valence-corrected chi connectivity index (χ4v) is 6.12. The molecule has 3 nitrogen and oxygen atoms in total. The van der Waals surface area contributed by atoms with Crippen molar-refractivity contribution in [2.45, 2.75) is 47.0 Å². The number of fused-ring (bicyclic) bond motifs is 1. The van der Waals surface area contributed by atoms with E-state index >= 15 is 0 Å². The molecule has 23 heavy (non-hydrogen) atoms. The fourth-order valence-electron chi connectivity index (χ4n) is 4.52. The molecule has 0 aliphatic carbocycles. The summed E-state index contributed by atoms with van der Waals surface area (Å²) in [4.78, 5) is 12.7. The molecule has 0 saturated carbocycles. The summed E-state index contributed by atoms with van der Waals surface area (Å²) in [6.07, 6.45) is 3.49. The summed E-state index contributed by atoms with van der Waals surface area (Å²) in [5.41, 5.74) is 2.44. The molecule has 2 aliphatic rings. The van der Waals surface area contributed by atoms with Gasteiger partial charge in [-0.25, -0.2) is 0 Å². The van der Waals surface area contributed by atoms with Crippen LogP contribution in [0.1, 0.15) is 52.5 Å². The second-order valence-electron chi connectivity index (χ2n) is 8.68. The van der Waals surface area contributed by atoms with Crippen molar-refractivity contribution in [3.05, 3.63) is 35.6 Å². The van der Waals surface area contributed by atoms with Crippen molar-refractivity contribution in [1.29, 1.82) is 0 Å². The smallest absolute Gasteiger partial charge is 0.254 e. The third kappa shape index (κ3) is 3.41. The second kappa shape index (κ2) is 5.50. The predicted octanol–water partition coefficient (Wildman–Crippen LogP) is 4.43. The van der Waals surface area contributed by atoms with Crippen LogP contribution in [0.4, 0.5) is 0 Å². The molecule has 2 heterocycles. The highest BCUT2D eigenvalue weighted by atomic mass is 31.2. The standard InChI is InChI=1S/C19H28NO2P/c1-18(2)10-7-11-20(14-19(3,4)13-18)16-12-23(21,22)17-9-6-5-8-15(16)17/h5-6,8-9,12H,7,10-11,13-14H2,1-4H3,(H,21,22). The molecule has 126 valence electrons. The van der Waals surface area contributed by atoms with Crippen LogP contribution < -0.4 is 5.30 Å². The SMILES string of the molecule is CC1(C)CCCN(C2=CP(=O)(O)c3ccccc32)CC(C)(C)C1. The number of hydrogen-bond donors (Lipinski definition) is 1. The van der Waals surface area contributed by atoms with Gasteiger partial charge in [-0.3, -0.25) is 4.57 Å². The largest absolute Gasteiger partial charge is 0.370 e. The van der Waals surface area contributed by atoms with E-state index in [2.05, 4.69) is 32.6 Å². The van der Waals surface area contributed by atoms with E-state index in [-0.39, 0.29) is 5.41 Å². The number of rotatable bonds is 1. The Balaban J connectivity index is 1.95. The Bertz CT molecular complexity index is 690. The van der Waals surface area contributed by atoms with Crippen LogP contribution in [0.5, 0.6) is 0 Å². The zero-order valence-corrected chi connectivity index (χ0v) is 15.6. The molecule has 0 spiro atoms. The molecule has 1 fully saturated rings. The van der Waals surface area contributed by atoms with E-state index in [9.17, 15) is 9.46 Å². The average Bonchev–Trinajstić information content (AvgIpc) is 2.67. The van der Waals surface area contributed by atoms with Crippen LogP contribution in [0.3, 0.4) is 0 Å². The molecule has 0 bridgehead atoms. The third-order valence-corrected chi connectivity index (χ3v) is 6.70. The average molecular weight is 333 g/mol. The molecule has 1 atom stereocenters. The number of hydrogen-bond acceptors (Lipinski definition) is 2. The highest BCUT2D eigenvalue weighted by molar-refractivity contribution is 7.70. The molecule has 0 aromatic heterocycles. The molecule has 2 aliphatic heterocycles. The summed E-state index contributed by atoms with van der Waals surface area (Å²) in [5.74, 6) is 1.61. The van der Waals surface area contributed by atoms with Crippen molar-refractivity contribution in [3.63, 3.8) is 0 Å². The molecule has 1 unspecified atom stereocenters. The molecule has 0 amide bonds. The van der Waals surface area contributed by atoms with Crippen LogP contribution in [0.25, 0.3) is 5.70 Å². The van der Waals surface area contributed by atoms with Crippen LogP contribution in [-0.4, -0.2) is 22.9 Å². The van der Waals surface area contributed by atoms with E-state index in [4.69, 9.17) is 0 Å². The van der Waals surface area contributed by atoms with E-state index < -0.39 is 7.37 Å². The summed E-state index contributed by atoms with van der Waals surface area (Å²) in [6.45, 7) is 11.2. The summed E-state index contributed by atoms with van der Waals surface area (Å²) >= 11 is 0. The minimum atomic E-state index is -3.35. The van der Waals surface area contributed by atoms with Gasteiger partial charge in [0.15, 0.2) is 0 Å². The van der Waals surface area contributed by atoms with Gasteiger partial charge in [0.25, 0.3) is 7.37 Å². The van der Waals surface area contributed by atoms with Gasteiger partial charge in [0.05, 0.1) is 5.70 Å². The highest BCUT2D eigenvalue weighted by Crippen LogP contribution is 2.52. The number of likely N-dealkylation sites (tertiary alicyclic amines) is 1. The van der Waals surface area contributed by atoms with Gasteiger partial charge < -0.3 is 9.79 Å². The number of nitrogens with zero attached hydrogens (tertiary/aromatic N) is 1. The van der Waals surface area contributed by atoms with Gasteiger partial charge >= 0.3 is 0 Å². The Morgan fingerprint density at radius 2 is 1.83 bits per heavy atom. The van der Waals surface area contributed by atoms with Crippen molar-refractivity contribution in [2.75, 3.05) is 13.1 Å². The van der Waals surface area contributed by atoms with Crippen molar-refractivity contribution < 1.29 is 9.46 Å². The lowest BCUT2D eigenvalue weighted by Crippen LogP contribution is -2.39. The summed E-state index contributed by atoms with van der Waals surface area (Å²) in [6, 6.07) is 7.57. The quantitative estimate of drug-likeness (QED) is 0.773. The molecule has 3 rings (SSSR count). The molecule has 1 aromatic carbocycles. The minimum absolute atomic E-state index is 0.182. The van der Waals surface area contributed by atoms with Crippen molar-refractivity contribution >= 4 is 18.4 Å². The van der Waals surface area contributed by atoms with E-state index in [0.29, 0.717) is 10.7 Å². The van der Waals surface area contributed by atoms with Crippen LogP contribution in [0, 0.1) is 10.8 Å². The van der Waals surface area contributed by atoms with Crippen LogP contribution in [0.2, 0.25) is 0 Å². The monoisotopic (exact) mass is 333 g/mol. The van der Waals surface area contributed by atoms with Gasteiger partial charge in [0.2, 0.25) is 0 Å². The first-order valence-electron chi connectivity index (χ1n) is 8.50. The van der Waals surface area contributed by atoms with Crippen LogP contribution in [-0.2, 0) is 4.57 Å². The van der Waals surface area contributed by atoms with Crippen molar-refractivity contribution in [1.82, 2.24) is 4.90 Å². The lowest BCUT2D eigenvalue weighted by atomic mass is 9.71. The minimum Gasteiger partial charge on any atom is -0.370 e. The topological polar surface area (TPSA) is 40.5 Å². The zero-order chi connectivity index (χ0) is 16.9. The Kier molecular flexibility index (Phi) is 4.01. The first-order chi connectivity index (χ1) is 10.6. The van der Waals surface area contributed by atoms with E-state index in [1.807, 2.05) is 18.2 Å². The van der Waals surface area contributed by atoms with E-state index in [1.165, 1.54) is 12.8 Å². The molecule has 1 N–H and O–H groups in total. The maximum atomic E-state index is 12.6. The van der Waals surface area contributed by atoms with Gasteiger partial charge in [-0.2, -0.15) is 0 Å². The van der Waals surface area contributed by atoms with Gasteiger partial charge in [0, 0.05) is 29.8 Å². The van der Waals surface area contributed by atoms with Crippen molar-refractivity contribution in [2.24, 2.45) is 10.8 Å². The van der Waals surface area contributed by atoms with Gasteiger partial charge in [-0.15, -0.1) is 0 Å². The third-order valence-electron chi connectivity index (χ3n) is 5.02.